The van der Waals surface area contributed by atoms with Gasteiger partial charge in [-0.2, -0.15) is 8.42 Å². The Morgan fingerprint density at radius 2 is 1.81 bits per heavy atom. The van der Waals surface area contributed by atoms with Gasteiger partial charge in [0, 0.05) is 24.4 Å². The summed E-state index contributed by atoms with van der Waals surface area (Å²) in [7, 11) is -2.88. The zero-order valence-corrected chi connectivity index (χ0v) is 33.5. The van der Waals surface area contributed by atoms with E-state index in [1.165, 1.54) is 4.90 Å². The van der Waals surface area contributed by atoms with Crippen molar-refractivity contribution in [1.82, 2.24) is 14.6 Å². The molecule has 13 nitrogen and oxygen atoms in total. The normalized spacial score (nSPS) is 24.0. The summed E-state index contributed by atoms with van der Waals surface area (Å²) in [6.07, 6.45) is 4.63. The number of fused-ring (bicyclic) bond motifs is 1. The molecule has 5 atom stereocenters. The smallest absolute Gasteiger partial charge is 0.362 e. The molecule has 0 unspecified atom stereocenters. The molecular weight excluding hydrogens is 715 g/mol. The Labute approximate surface area is 318 Å². The molecule has 5 rings (SSSR count). The van der Waals surface area contributed by atoms with Crippen LogP contribution in [0.4, 0.5) is 0 Å². The summed E-state index contributed by atoms with van der Waals surface area (Å²) in [5.74, 6) is -2.60. The molecule has 2 aromatic rings. The number of esters is 1. The second-order valence-corrected chi connectivity index (χ2v) is 18.4. The van der Waals surface area contributed by atoms with E-state index in [1.54, 1.807) is 46.2 Å². The molecule has 14 heteroatoms. The Morgan fingerprint density at radius 3 is 2.39 bits per heavy atom. The van der Waals surface area contributed by atoms with Gasteiger partial charge < -0.3 is 19.1 Å². The van der Waals surface area contributed by atoms with Crippen LogP contribution in [0.5, 0.6) is 11.6 Å². The highest BCUT2D eigenvalue weighted by Gasteiger charge is 2.61. The molecule has 2 aliphatic carbocycles. The van der Waals surface area contributed by atoms with Gasteiger partial charge in [-0.1, -0.05) is 40.2 Å². The lowest BCUT2D eigenvalue weighted by atomic mass is 9.77. The number of ketones is 1. The number of allylic oxidation sites excluding steroid dienone is 1. The minimum Gasteiger partial charge on any atom is -0.497 e. The van der Waals surface area contributed by atoms with Crippen molar-refractivity contribution in [2.45, 2.75) is 123 Å². The maximum absolute atomic E-state index is 14.6. The molecule has 1 saturated heterocycles. The number of carbonyl (C=O) groups excluding carboxylic acids is 4. The van der Waals surface area contributed by atoms with Crippen LogP contribution in [-0.2, 0) is 38.4 Å². The molecule has 3 fully saturated rings. The third-order valence-corrected chi connectivity index (χ3v) is 11.7. The number of nitrogens with zero attached hydrogens (tertiary/aromatic N) is 2. The molecule has 1 aromatic heterocycles. The van der Waals surface area contributed by atoms with Crippen LogP contribution in [0.25, 0.3) is 10.8 Å². The van der Waals surface area contributed by atoms with Gasteiger partial charge in [-0.15, -0.1) is 6.58 Å². The van der Waals surface area contributed by atoms with Crippen LogP contribution < -0.4 is 14.2 Å². The van der Waals surface area contributed by atoms with Crippen molar-refractivity contribution in [3.8, 4) is 11.6 Å². The van der Waals surface area contributed by atoms with Crippen molar-refractivity contribution >= 4 is 44.6 Å². The molecule has 296 valence electrons. The monoisotopic (exact) mass is 769 g/mol. The maximum Gasteiger partial charge on any atom is 0.362 e. The Kier molecular flexibility index (Phi) is 11.6. The van der Waals surface area contributed by atoms with E-state index in [-0.39, 0.29) is 32.2 Å². The second kappa shape index (κ2) is 15.2. The van der Waals surface area contributed by atoms with Gasteiger partial charge in [0.05, 0.1) is 43.1 Å². The summed E-state index contributed by atoms with van der Waals surface area (Å²) in [5, 5.41) is 1.53. The number of methoxy groups -OCH3 is 1. The Balaban J connectivity index is 1.43. The van der Waals surface area contributed by atoms with Gasteiger partial charge in [0.1, 0.15) is 17.5 Å². The lowest BCUT2D eigenvalue weighted by Gasteiger charge is -2.35. The molecule has 2 heterocycles. The fraction of sp³-hybridized carbons (Fsp3) is 0.625. The van der Waals surface area contributed by atoms with E-state index in [0.29, 0.717) is 36.3 Å². The van der Waals surface area contributed by atoms with E-state index in [2.05, 4.69) is 16.3 Å². The second-order valence-electron chi connectivity index (χ2n) is 17.1. The van der Waals surface area contributed by atoms with Gasteiger partial charge in [-0.05, 0) is 87.4 Å². The van der Waals surface area contributed by atoms with E-state index in [9.17, 15) is 27.6 Å². The van der Waals surface area contributed by atoms with Crippen molar-refractivity contribution in [3.05, 3.63) is 43.1 Å². The average Bonchev–Trinajstić information content (AvgIpc) is 3.95. The highest BCUT2D eigenvalue weighted by atomic mass is 32.2. The lowest BCUT2D eigenvalue weighted by Crippen LogP contribution is -2.49. The molecule has 1 aliphatic heterocycles. The quantitative estimate of drug-likeness (QED) is 0.161. The topological polar surface area (TPSA) is 168 Å². The first kappa shape index (κ1) is 41.1. The fourth-order valence-corrected chi connectivity index (χ4v) is 8.69. The van der Waals surface area contributed by atoms with Crippen LogP contribution >= 0.6 is 0 Å². The average molecular weight is 770 g/mol. The van der Waals surface area contributed by atoms with E-state index < -0.39 is 79.9 Å². The zero-order chi connectivity index (χ0) is 39.9. The van der Waals surface area contributed by atoms with Crippen molar-refractivity contribution in [2.75, 3.05) is 13.7 Å². The lowest BCUT2D eigenvalue weighted by molar-refractivity contribution is -0.161. The van der Waals surface area contributed by atoms with Crippen LogP contribution in [0.1, 0.15) is 99.8 Å². The van der Waals surface area contributed by atoms with Crippen LogP contribution in [0, 0.1) is 22.7 Å². The van der Waals surface area contributed by atoms with Gasteiger partial charge in [0.2, 0.25) is 17.7 Å². The number of nitrogens with one attached hydrogen (secondary N) is 1. The van der Waals surface area contributed by atoms with Crippen molar-refractivity contribution in [2.24, 2.45) is 22.7 Å². The highest BCUT2D eigenvalue weighted by molar-refractivity contribution is 7.85. The third-order valence-electron chi connectivity index (χ3n) is 10.6. The fourth-order valence-electron chi connectivity index (χ4n) is 7.51. The summed E-state index contributed by atoms with van der Waals surface area (Å²) < 4.78 is 51.0. The molecule has 0 spiro atoms. The standard InChI is InChI=1S/C40H55N3O10S/c1-10-15-39(16-17-39)53-54(48,49)42-36(47)40(22-26(40)11-2)23-32(44)31-20-28(51-34-29-13-12-27(50-9)19-25(29)14-18-41-34)24-43(31)35(46)30(37(3,4)5)21-33(45)52-38(6,7)8/h11-14,18-19,26,28,30-31H,2,10,15-17,20-24H2,1,3-9H3,(H,42,47)/t26-,28-,30-,31+,40-/m1/s1. The number of benzene rings is 1. The molecule has 1 N–H and O–H groups in total. The Bertz CT molecular complexity index is 1890. The third kappa shape index (κ3) is 9.42. The number of pyridine rings is 1. The number of amides is 2. The van der Waals surface area contributed by atoms with Crippen LogP contribution in [-0.4, -0.2) is 78.9 Å². The molecule has 2 saturated carbocycles. The zero-order valence-electron chi connectivity index (χ0n) is 32.7. The van der Waals surface area contributed by atoms with E-state index >= 15 is 0 Å². The number of carbonyl (C=O) groups is 4. The van der Waals surface area contributed by atoms with Crippen LogP contribution in [0.3, 0.4) is 0 Å². The molecule has 3 aliphatic rings. The van der Waals surface area contributed by atoms with Crippen molar-refractivity contribution in [1.29, 1.82) is 0 Å². The van der Waals surface area contributed by atoms with E-state index in [4.69, 9.17) is 18.4 Å². The predicted octanol–water partition coefficient (Wildman–Crippen LogP) is 5.85. The molecular formula is C40H55N3O10S. The van der Waals surface area contributed by atoms with Gasteiger partial charge in [-0.25, -0.2) is 13.9 Å². The molecule has 1 aromatic carbocycles. The van der Waals surface area contributed by atoms with Crippen LogP contribution in [0.2, 0.25) is 0 Å². The van der Waals surface area contributed by atoms with Crippen LogP contribution in [0.15, 0.2) is 43.1 Å². The first-order valence-corrected chi connectivity index (χ1v) is 20.1. The number of hydrogen-bond acceptors (Lipinski definition) is 11. The number of hydrogen-bond donors (Lipinski definition) is 1. The highest BCUT2D eigenvalue weighted by Crippen LogP contribution is 2.57. The largest absolute Gasteiger partial charge is 0.497 e. The predicted molar refractivity (Wildman–Crippen MR) is 202 cm³/mol. The number of Topliss-reactive ketones (excluding diaryl/α,β-unsaturated/α-hetero) is 1. The summed E-state index contributed by atoms with van der Waals surface area (Å²) in [4.78, 5) is 61.8. The summed E-state index contributed by atoms with van der Waals surface area (Å²) in [6, 6.07) is 6.24. The van der Waals surface area contributed by atoms with E-state index in [1.807, 2.05) is 45.9 Å². The van der Waals surface area contributed by atoms with Gasteiger partial charge in [0.15, 0.2) is 5.78 Å². The molecule has 2 amide bonds. The molecule has 0 bridgehead atoms. The van der Waals surface area contributed by atoms with Gasteiger partial charge in [-0.3, -0.25) is 19.2 Å². The summed E-state index contributed by atoms with van der Waals surface area (Å²) >= 11 is 0. The number of likely N-dealkylation sites (tertiary alicyclic amines) is 1. The SMILES string of the molecule is C=C[C@@H]1C[C@]1(CC(=O)[C@@H]1C[C@@H](Oc2nccc3cc(OC)ccc23)CN1C(=O)[C@@H](CC(=O)OC(C)(C)C)C(C)(C)C)C(=O)NS(=O)(=O)OC1(CCC)CC1. The van der Waals surface area contributed by atoms with Crippen molar-refractivity contribution < 1.29 is 46.0 Å². The Morgan fingerprint density at radius 1 is 1.11 bits per heavy atom. The maximum atomic E-state index is 14.6. The minimum atomic E-state index is -4.46. The van der Waals surface area contributed by atoms with Gasteiger partial charge in [0.25, 0.3) is 0 Å². The summed E-state index contributed by atoms with van der Waals surface area (Å²) in [6.45, 7) is 16.6. The molecule has 0 radical (unpaired) electrons. The molecule has 54 heavy (non-hydrogen) atoms. The first-order chi connectivity index (χ1) is 25.1. The number of ether oxygens (including phenoxy) is 3. The van der Waals surface area contributed by atoms with Gasteiger partial charge >= 0.3 is 16.3 Å². The summed E-state index contributed by atoms with van der Waals surface area (Å²) in [5.41, 5.74) is -3.66. The number of aromatic nitrogens is 1. The van der Waals surface area contributed by atoms with E-state index in [0.717, 1.165) is 11.8 Å². The Hall–Kier alpha value is -4.04. The first-order valence-electron chi connectivity index (χ1n) is 18.7. The van der Waals surface area contributed by atoms with Crippen molar-refractivity contribution in [3.63, 3.8) is 0 Å². The minimum absolute atomic E-state index is 0.0101. The number of rotatable bonds is 16.